The molecule has 4 N–H and O–H groups in total. The Kier molecular flexibility index (Phi) is 10.3. The Hall–Kier alpha value is -3.95. The average molecular weight is 641 g/mol. The standard InChI is InChI=1S/C37H44N4O4S/c1-5-9-32-40-33-24(4)19-27(34(42)39-28(18-23(2)3)22-46-36(45)37(38)16-8-17-37)20-31(33)41(32)21-25-12-14-26(15-13-25)29-10-6-7-11-30(29)35(43)44/h6-7,10-15,19-20,23,28H,5,8-9,16-18,21-22,38H2,1-4H3,(H,39,42)(H,43,44). The van der Waals surface area contributed by atoms with Gasteiger partial charge in [0.1, 0.15) is 5.82 Å². The molecule has 1 aliphatic rings. The molecule has 1 aromatic heterocycles. The number of hydrogen-bond acceptors (Lipinski definition) is 6. The molecule has 242 valence electrons. The van der Waals surface area contributed by atoms with Crippen molar-refractivity contribution in [3.05, 3.63) is 88.7 Å². The van der Waals surface area contributed by atoms with Gasteiger partial charge in [-0.15, -0.1) is 0 Å². The molecule has 0 aliphatic heterocycles. The summed E-state index contributed by atoms with van der Waals surface area (Å²) in [7, 11) is 0. The average Bonchev–Trinajstić information content (AvgIpc) is 3.35. The third-order valence-corrected chi connectivity index (χ3v) is 10.0. The summed E-state index contributed by atoms with van der Waals surface area (Å²) in [6.45, 7) is 8.90. The van der Waals surface area contributed by atoms with E-state index in [1.165, 1.54) is 11.8 Å². The van der Waals surface area contributed by atoms with Crippen LogP contribution in [0.4, 0.5) is 0 Å². The Morgan fingerprint density at radius 1 is 1.09 bits per heavy atom. The first-order valence-electron chi connectivity index (χ1n) is 16.2. The number of amides is 1. The Morgan fingerprint density at radius 2 is 1.80 bits per heavy atom. The summed E-state index contributed by atoms with van der Waals surface area (Å²) in [6, 6.07) is 18.6. The smallest absolute Gasteiger partial charge is 0.336 e. The Bertz CT molecular complexity index is 1740. The molecule has 5 rings (SSSR count). The van der Waals surface area contributed by atoms with Crippen LogP contribution < -0.4 is 11.1 Å². The van der Waals surface area contributed by atoms with Crippen LogP contribution in [0, 0.1) is 12.8 Å². The maximum absolute atomic E-state index is 13.7. The number of thioether (sulfide) groups is 1. The Labute approximate surface area is 275 Å². The number of nitrogens with two attached hydrogens (primary N) is 1. The lowest BCUT2D eigenvalue weighted by Crippen LogP contribution is -2.52. The molecule has 0 saturated heterocycles. The molecule has 0 bridgehead atoms. The molecule has 1 unspecified atom stereocenters. The van der Waals surface area contributed by atoms with Crippen molar-refractivity contribution in [1.82, 2.24) is 14.9 Å². The quantitative estimate of drug-likeness (QED) is 0.144. The number of carbonyl (C=O) groups is 3. The van der Waals surface area contributed by atoms with E-state index < -0.39 is 11.5 Å². The van der Waals surface area contributed by atoms with Crippen molar-refractivity contribution in [3.63, 3.8) is 0 Å². The first-order chi connectivity index (χ1) is 22.0. The second-order valence-electron chi connectivity index (χ2n) is 13.0. The molecular formula is C37H44N4O4S. The summed E-state index contributed by atoms with van der Waals surface area (Å²) in [5.74, 6) is 0.681. The normalized spacial score (nSPS) is 14.7. The van der Waals surface area contributed by atoms with Crippen LogP contribution in [0.5, 0.6) is 0 Å². The van der Waals surface area contributed by atoms with Gasteiger partial charge in [-0.2, -0.15) is 0 Å². The zero-order valence-corrected chi connectivity index (χ0v) is 28.0. The highest BCUT2D eigenvalue weighted by Gasteiger charge is 2.40. The number of carbonyl (C=O) groups excluding carboxylic acids is 2. The van der Waals surface area contributed by atoms with Crippen LogP contribution in [0.15, 0.2) is 60.7 Å². The Balaban J connectivity index is 1.40. The lowest BCUT2D eigenvalue weighted by Gasteiger charge is -2.36. The van der Waals surface area contributed by atoms with Gasteiger partial charge in [0.15, 0.2) is 0 Å². The van der Waals surface area contributed by atoms with Crippen LogP contribution in [0.25, 0.3) is 22.2 Å². The third-order valence-electron chi connectivity index (χ3n) is 8.78. The van der Waals surface area contributed by atoms with E-state index in [0.29, 0.717) is 29.3 Å². The Morgan fingerprint density at radius 3 is 2.43 bits per heavy atom. The maximum atomic E-state index is 13.7. The molecule has 1 amide bonds. The number of aromatic carboxylic acids is 1. The molecule has 1 atom stereocenters. The third kappa shape index (κ3) is 7.37. The zero-order chi connectivity index (χ0) is 33.0. The second-order valence-corrected chi connectivity index (χ2v) is 14.0. The number of nitrogens with zero attached hydrogens (tertiary/aromatic N) is 2. The molecule has 1 aliphatic carbocycles. The first-order valence-corrected chi connectivity index (χ1v) is 17.2. The van der Waals surface area contributed by atoms with Crippen molar-refractivity contribution in [2.75, 3.05) is 5.75 Å². The minimum atomic E-state index is -0.954. The highest BCUT2D eigenvalue weighted by molar-refractivity contribution is 8.13. The molecule has 46 heavy (non-hydrogen) atoms. The van der Waals surface area contributed by atoms with E-state index in [1.54, 1.807) is 12.1 Å². The van der Waals surface area contributed by atoms with Crippen molar-refractivity contribution < 1.29 is 19.5 Å². The molecule has 0 radical (unpaired) electrons. The number of aryl methyl sites for hydroxylation is 2. The number of benzene rings is 3. The van der Waals surface area contributed by atoms with Gasteiger partial charge in [0.25, 0.3) is 5.91 Å². The molecular weight excluding hydrogens is 596 g/mol. The summed E-state index contributed by atoms with van der Waals surface area (Å²) < 4.78 is 2.18. The van der Waals surface area contributed by atoms with Gasteiger partial charge in [0.05, 0.1) is 22.1 Å². The van der Waals surface area contributed by atoms with Gasteiger partial charge in [-0.3, -0.25) is 9.59 Å². The van der Waals surface area contributed by atoms with E-state index in [9.17, 15) is 19.5 Å². The van der Waals surface area contributed by atoms with Crippen LogP contribution in [0.2, 0.25) is 0 Å². The topological polar surface area (TPSA) is 127 Å². The molecule has 1 heterocycles. The fraction of sp³-hybridized carbons (Fsp3) is 0.405. The summed E-state index contributed by atoms with van der Waals surface area (Å²) in [6.07, 6.45) is 4.93. The number of rotatable bonds is 13. The fourth-order valence-electron chi connectivity index (χ4n) is 6.14. The van der Waals surface area contributed by atoms with Gasteiger partial charge in [-0.05, 0) is 85.4 Å². The van der Waals surface area contributed by atoms with Crippen molar-refractivity contribution in [1.29, 1.82) is 0 Å². The second kappa shape index (κ2) is 14.2. The van der Waals surface area contributed by atoms with Gasteiger partial charge < -0.3 is 20.7 Å². The van der Waals surface area contributed by atoms with E-state index in [0.717, 1.165) is 72.1 Å². The van der Waals surface area contributed by atoms with Crippen molar-refractivity contribution in [2.24, 2.45) is 11.7 Å². The summed E-state index contributed by atoms with van der Waals surface area (Å²) in [5, 5.41) is 12.9. The van der Waals surface area contributed by atoms with E-state index in [1.807, 2.05) is 55.5 Å². The number of hydrogen-bond donors (Lipinski definition) is 3. The monoisotopic (exact) mass is 640 g/mol. The lowest BCUT2D eigenvalue weighted by atomic mass is 9.79. The van der Waals surface area contributed by atoms with Crippen molar-refractivity contribution in [3.8, 4) is 11.1 Å². The highest BCUT2D eigenvalue weighted by Crippen LogP contribution is 2.34. The predicted octanol–water partition coefficient (Wildman–Crippen LogP) is 7.00. The van der Waals surface area contributed by atoms with Gasteiger partial charge in [-0.25, -0.2) is 9.78 Å². The molecule has 0 spiro atoms. The van der Waals surface area contributed by atoms with E-state index >= 15 is 0 Å². The van der Waals surface area contributed by atoms with Crippen molar-refractivity contribution in [2.45, 2.75) is 84.3 Å². The van der Waals surface area contributed by atoms with Gasteiger partial charge >= 0.3 is 5.97 Å². The number of carboxylic acids is 1. The van der Waals surface area contributed by atoms with Gasteiger partial charge in [-0.1, -0.05) is 75.0 Å². The molecule has 1 saturated carbocycles. The minimum Gasteiger partial charge on any atom is -0.478 e. The van der Waals surface area contributed by atoms with Crippen LogP contribution in [0.1, 0.15) is 90.5 Å². The van der Waals surface area contributed by atoms with Crippen LogP contribution in [0.3, 0.4) is 0 Å². The van der Waals surface area contributed by atoms with Crippen LogP contribution >= 0.6 is 11.8 Å². The van der Waals surface area contributed by atoms with Crippen LogP contribution in [-0.2, 0) is 17.8 Å². The van der Waals surface area contributed by atoms with E-state index in [4.69, 9.17) is 10.7 Å². The first kappa shape index (κ1) is 33.4. The highest BCUT2D eigenvalue weighted by atomic mass is 32.2. The van der Waals surface area contributed by atoms with Crippen molar-refractivity contribution >= 4 is 39.8 Å². The molecule has 9 heteroatoms. The number of aromatic nitrogens is 2. The maximum Gasteiger partial charge on any atom is 0.336 e. The fourth-order valence-corrected chi connectivity index (χ4v) is 7.21. The van der Waals surface area contributed by atoms with Crippen LogP contribution in [-0.4, -0.2) is 49.0 Å². The molecule has 1 fully saturated rings. The molecule has 8 nitrogen and oxygen atoms in total. The summed E-state index contributed by atoms with van der Waals surface area (Å²) >= 11 is 1.24. The number of imidazole rings is 1. The zero-order valence-electron chi connectivity index (χ0n) is 27.1. The molecule has 4 aromatic rings. The van der Waals surface area contributed by atoms with Gasteiger partial charge in [0, 0.05) is 30.3 Å². The lowest BCUT2D eigenvalue weighted by molar-refractivity contribution is -0.118. The minimum absolute atomic E-state index is 0.0190. The summed E-state index contributed by atoms with van der Waals surface area (Å²) in [4.78, 5) is 43.2. The number of carboxylic acid groups (broad SMARTS) is 1. The summed E-state index contributed by atoms with van der Waals surface area (Å²) in [5.41, 5.74) is 11.6. The predicted molar refractivity (Wildman–Crippen MR) is 185 cm³/mol. The number of nitrogens with one attached hydrogen (secondary N) is 1. The SMILES string of the molecule is CCCc1nc2c(C)cc(C(=O)NC(CSC(=O)C3(N)CCC3)CC(C)C)cc2n1Cc1ccc(-c2ccccc2C(=O)O)cc1. The molecule has 3 aromatic carbocycles. The van der Waals surface area contributed by atoms with Gasteiger partial charge in [0.2, 0.25) is 5.12 Å². The largest absolute Gasteiger partial charge is 0.478 e. The van der Waals surface area contributed by atoms with E-state index in [2.05, 4.69) is 30.7 Å². The van der Waals surface area contributed by atoms with E-state index in [-0.39, 0.29) is 22.6 Å². The number of fused-ring (bicyclic) bond motifs is 1.